The Bertz CT molecular complexity index is 526. The van der Waals surface area contributed by atoms with Crippen LogP contribution >= 0.6 is 12.4 Å². The molecule has 0 aromatic rings. The molecule has 0 aromatic carbocycles. The minimum atomic E-state index is -3.32. The van der Waals surface area contributed by atoms with Crippen LogP contribution in [0.4, 0.5) is 0 Å². The topological polar surface area (TPSA) is 86.8 Å². The first-order valence-corrected chi connectivity index (χ1v) is 9.73. The molecule has 0 radical (unpaired) electrons. The second kappa shape index (κ2) is 8.84. The highest BCUT2D eigenvalue weighted by molar-refractivity contribution is 7.92. The Labute approximate surface area is 144 Å². The highest BCUT2D eigenvalue weighted by atomic mass is 35.5. The smallest absolute Gasteiger partial charge is 0.237 e. The van der Waals surface area contributed by atoms with Crippen molar-refractivity contribution in [1.29, 1.82) is 0 Å². The molecule has 9 heteroatoms. The molecule has 1 unspecified atom stereocenters. The summed E-state index contributed by atoms with van der Waals surface area (Å²) in [6, 6.07) is 0.0150. The van der Waals surface area contributed by atoms with Crippen LogP contribution in [0, 0.1) is 0 Å². The molecule has 2 aliphatic heterocycles. The van der Waals surface area contributed by atoms with Gasteiger partial charge in [0.1, 0.15) is 5.75 Å². The number of piperidine rings is 1. The van der Waals surface area contributed by atoms with Crippen molar-refractivity contribution in [2.45, 2.75) is 32.2 Å². The maximum absolute atomic E-state index is 12.2. The van der Waals surface area contributed by atoms with Crippen molar-refractivity contribution in [3.8, 4) is 0 Å². The first-order chi connectivity index (χ1) is 10.4. The maximum Gasteiger partial charge on any atom is 0.237 e. The van der Waals surface area contributed by atoms with Gasteiger partial charge >= 0.3 is 0 Å². The van der Waals surface area contributed by atoms with Crippen molar-refractivity contribution in [3.05, 3.63) is 0 Å². The fourth-order valence-electron chi connectivity index (χ4n) is 3.11. The van der Waals surface area contributed by atoms with Gasteiger partial charge in [-0.2, -0.15) is 0 Å². The molecule has 0 aliphatic carbocycles. The lowest BCUT2D eigenvalue weighted by Gasteiger charge is -2.41. The Balaban J connectivity index is 0.00000264. The number of halogens is 1. The number of sulfone groups is 1. The molecule has 0 saturated carbocycles. The molecular formula is C14H26ClN3O4S. The van der Waals surface area contributed by atoms with Gasteiger partial charge in [0.2, 0.25) is 11.8 Å². The zero-order valence-corrected chi connectivity index (χ0v) is 15.1. The Morgan fingerprint density at radius 3 is 2.74 bits per heavy atom. The molecule has 2 rings (SSSR count). The van der Waals surface area contributed by atoms with Crippen molar-refractivity contribution in [2.75, 3.05) is 44.2 Å². The van der Waals surface area contributed by atoms with Crippen LogP contribution in [0.1, 0.15) is 26.2 Å². The number of carbonyl (C=O) groups is 2. The van der Waals surface area contributed by atoms with Crippen LogP contribution in [0.15, 0.2) is 0 Å². The van der Waals surface area contributed by atoms with Crippen molar-refractivity contribution < 1.29 is 18.0 Å². The summed E-state index contributed by atoms with van der Waals surface area (Å²) in [6.45, 7) is 4.58. The average molecular weight is 368 g/mol. The number of nitrogens with zero attached hydrogens (tertiary/aromatic N) is 2. The third kappa shape index (κ3) is 5.61. The van der Waals surface area contributed by atoms with Gasteiger partial charge < -0.3 is 15.1 Å². The summed E-state index contributed by atoms with van der Waals surface area (Å²) >= 11 is 0. The van der Waals surface area contributed by atoms with Crippen molar-refractivity contribution in [2.24, 2.45) is 0 Å². The Morgan fingerprint density at radius 1 is 1.35 bits per heavy atom. The standard InChI is InChI=1S/C14H25N3O4S.ClH/c1-2-8-22(20,21)11-14(19)16-6-3-4-12(10-16)17-7-5-15-9-13(17)18;/h12,15H,2-11H2,1H3;1H. The summed E-state index contributed by atoms with van der Waals surface area (Å²) in [5.74, 6) is -0.639. The van der Waals surface area contributed by atoms with E-state index < -0.39 is 15.6 Å². The highest BCUT2D eigenvalue weighted by Crippen LogP contribution is 2.17. The minimum absolute atomic E-state index is 0. The van der Waals surface area contributed by atoms with E-state index in [2.05, 4.69) is 5.32 Å². The number of amides is 2. The van der Waals surface area contributed by atoms with Gasteiger partial charge in [0.05, 0.1) is 12.3 Å². The number of nitrogens with one attached hydrogen (secondary N) is 1. The number of hydrogen-bond acceptors (Lipinski definition) is 5. The Kier molecular flexibility index (Phi) is 7.76. The highest BCUT2D eigenvalue weighted by Gasteiger charge is 2.32. The molecule has 2 amide bonds. The van der Waals surface area contributed by atoms with Crippen molar-refractivity contribution in [1.82, 2.24) is 15.1 Å². The van der Waals surface area contributed by atoms with Gasteiger partial charge in [-0.3, -0.25) is 9.59 Å². The normalized spacial score (nSPS) is 22.7. The first-order valence-electron chi connectivity index (χ1n) is 7.91. The SMILES string of the molecule is CCCS(=O)(=O)CC(=O)N1CCCC(N2CCNCC2=O)C1.Cl. The largest absolute Gasteiger partial charge is 0.340 e. The van der Waals surface area contributed by atoms with Crippen molar-refractivity contribution in [3.63, 3.8) is 0 Å². The van der Waals surface area contributed by atoms with Gasteiger partial charge in [0, 0.05) is 32.2 Å². The molecule has 2 fully saturated rings. The van der Waals surface area contributed by atoms with E-state index in [1.165, 1.54) is 0 Å². The second-order valence-corrected chi connectivity index (χ2v) is 8.18. The fraction of sp³-hybridized carbons (Fsp3) is 0.857. The van der Waals surface area contributed by atoms with Crippen LogP contribution in [-0.4, -0.2) is 80.3 Å². The first kappa shape index (κ1) is 20.2. The van der Waals surface area contributed by atoms with Gasteiger partial charge in [-0.05, 0) is 19.3 Å². The zero-order valence-electron chi connectivity index (χ0n) is 13.5. The molecule has 1 atom stereocenters. The summed E-state index contributed by atoms with van der Waals surface area (Å²) in [4.78, 5) is 27.6. The fourth-order valence-corrected chi connectivity index (χ4v) is 4.43. The molecule has 2 saturated heterocycles. The van der Waals surface area contributed by atoms with Crippen LogP contribution in [0.5, 0.6) is 0 Å². The molecule has 134 valence electrons. The third-order valence-electron chi connectivity index (χ3n) is 4.17. The molecule has 0 bridgehead atoms. The van der Waals surface area contributed by atoms with E-state index in [0.717, 1.165) is 19.4 Å². The molecule has 7 nitrogen and oxygen atoms in total. The van der Waals surface area contributed by atoms with E-state index in [1.807, 2.05) is 4.90 Å². The summed E-state index contributed by atoms with van der Waals surface area (Å²) in [7, 11) is -3.32. The quantitative estimate of drug-likeness (QED) is 0.718. The van der Waals surface area contributed by atoms with Crippen LogP contribution in [0.3, 0.4) is 0 Å². The molecular weight excluding hydrogens is 342 g/mol. The summed E-state index contributed by atoms with van der Waals surface area (Å²) in [6.07, 6.45) is 2.20. The lowest BCUT2D eigenvalue weighted by Crippen LogP contribution is -2.58. The van der Waals surface area contributed by atoms with E-state index in [9.17, 15) is 18.0 Å². The molecule has 23 heavy (non-hydrogen) atoms. The van der Waals surface area contributed by atoms with Crippen LogP contribution < -0.4 is 5.32 Å². The lowest BCUT2D eigenvalue weighted by molar-refractivity contribution is -0.139. The number of carbonyl (C=O) groups excluding carboxylic acids is 2. The number of piperazine rings is 1. The Morgan fingerprint density at radius 2 is 2.09 bits per heavy atom. The van der Waals surface area contributed by atoms with Crippen LogP contribution in [-0.2, 0) is 19.4 Å². The number of likely N-dealkylation sites (tertiary alicyclic amines) is 1. The predicted molar refractivity (Wildman–Crippen MR) is 90.4 cm³/mol. The molecule has 0 spiro atoms. The molecule has 0 aromatic heterocycles. The second-order valence-electron chi connectivity index (χ2n) is 5.99. The lowest BCUT2D eigenvalue weighted by atomic mass is 10.0. The number of hydrogen-bond donors (Lipinski definition) is 1. The van der Waals surface area contributed by atoms with Gasteiger partial charge in [-0.25, -0.2) is 8.42 Å². The van der Waals surface area contributed by atoms with Gasteiger partial charge in [-0.15, -0.1) is 12.4 Å². The molecule has 2 heterocycles. The van der Waals surface area contributed by atoms with Crippen molar-refractivity contribution >= 4 is 34.1 Å². The summed E-state index contributed by atoms with van der Waals surface area (Å²) in [5, 5.41) is 3.03. The van der Waals surface area contributed by atoms with E-state index in [4.69, 9.17) is 0 Å². The van der Waals surface area contributed by atoms with Crippen LogP contribution in [0.2, 0.25) is 0 Å². The van der Waals surface area contributed by atoms with Gasteiger partial charge in [0.25, 0.3) is 0 Å². The maximum atomic E-state index is 12.2. The summed E-state index contributed by atoms with van der Waals surface area (Å²) in [5.41, 5.74) is 0. The zero-order chi connectivity index (χ0) is 16.2. The Hall–Kier alpha value is -0.860. The molecule has 1 N–H and O–H groups in total. The third-order valence-corrected chi connectivity index (χ3v) is 5.89. The van der Waals surface area contributed by atoms with E-state index >= 15 is 0 Å². The van der Waals surface area contributed by atoms with Crippen LogP contribution in [0.25, 0.3) is 0 Å². The van der Waals surface area contributed by atoms with E-state index in [0.29, 0.717) is 32.6 Å². The van der Waals surface area contributed by atoms with E-state index in [-0.39, 0.29) is 36.0 Å². The van der Waals surface area contributed by atoms with Gasteiger partial charge in [-0.1, -0.05) is 6.92 Å². The van der Waals surface area contributed by atoms with E-state index in [1.54, 1.807) is 11.8 Å². The van der Waals surface area contributed by atoms with Gasteiger partial charge in [0.15, 0.2) is 9.84 Å². The summed E-state index contributed by atoms with van der Waals surface area (Å²) < 4.78 is 23.6. The average Bonchev–Trinajstić information content (AvgIpc) is 2.47. The number of rotatable bonds is 5. The predicted octanol–water partition coefficient (Wildman–Crippen LogP) is -0.344. The minimum Gasteiger partial charge on any atom is -0.340 e. The monoisotopic (exact) mass is 367 g/mol. The molecule has 2 aliphatic rings.